The molecule has 0 aromatic rings. The number of esters is 2. The van der Waals surface area contributed by atoms with Crippen molar-refractivity contribution in [2.45, 2.75) is 71.1 Å². The van der Waals surface area contributed by atoms with Gasteiger partial charge in [-0.25, -0.2) is 0 Å². The van der Waals surface area contributed by atoms with Crippen molar-refractivity contribution < 1.29 is 19.1 Å². The molecule has 6 heteroatoms. The Morgan fingerprint density at radius 3 is 1.96 bits per heavy atom. The van der Waals surface area contributed by atoms with Gasteiger partial charge in [0.25, 0.3) is 0 Å². The third-order valence-electron chi connectivity index (χ3n) is 3.86. The first kappa shape index (κ1) is 24.4. The Bertz CT molecular complexity index is 324. The molecule has 0 heterocycles. The lowest BCUT2D eigenvalue weighted by Gasteiger charge is -2.15. The smallest absolute Gasteiger partial charge is 0.305 e. The van der Waals surface area contributed by atoms with E-state index in [1.807, 2.05) is 0 Å². The lowest BCUT2D eigenvalue weighted by atomic mass is 10.0. The summed E-state index contributed by atoms with van der Waals surface area (Å²) in [6.45, 7) is 3.16. The number of halogens is 2. The molecule has 0 spiro atoms. The van der Waals surface area contributed by atoms with Gasteiger partial charge in [0.2, 0.25) is 0 Å². The van der Waals surface area contributed by atoms with Crippen LogP contribution in [0.4, 0.5) is 0 Å². The summed E-state index contributed by atoms with van der Waals surface area (Å²) in [7, 11) is 0. The Kier molecular flexibility index (Phi) is 18.5. The molecule has 142 valence electrons. The summed E-state index contributed by atoms with van der Waals surface area (Å²) in [6, 6.07) is 0. The molecule has 24 heavy (non-hydrogen) atoms. The Labute approximate surface area is 174 Å². The standard InChI is InChI=1S/C18H32I2O4/c1-2-16(15-24-18(22)11-4-7-13-20)9-5-8-14-23-17(21)10-3-6-12-19/h16H,2-15H2,1H3. The molecule has 0 aliphatic rings. The van der Waals surface area contributed by atoms with E-state index in [0.29, 0.717) is 32.0 Å². The van der Waals surface area contributed by atoms with Crippen molar-refractivity contribution in [3.63, 3.8) is 0 Å². The van der Waals surface area contributed by atoms with Crippen molar-refractivity contribution in [3.8, 4) is 0 Å². The Morgan fingerprint density at radius 1 is 0.833 bits per heavy atom. The number of hydrogen-bond donors (Lipinski definition) is 0. The predicted molar refractivity (Wildman–Crippen MR) is 115 cm³/mol. The third-order valence-corrected chi connectivity index (χ3v) is 5.38. The van der Waals surface area contributed by atoms with Gasteiger partial charge in [-0.1, -0.05) is 58.5 Å². The molecule has 0 radical (unpaired) electrons. The largest absolute Gasteiger partial charge is 0.466 e. The van der Waals surface area contributed by atoms with Crippen LogP contribution >= 0.6 is 45.2 Å². The minimum absolute atomic E-state index is 0.0706. The van der Waals surface area contributed by atoms with Gasteiger partial charge < -0.3 is 9.47 Å². The van der Waals surface area contributed by atoms with Gasteiger partial charge in [-0.3, -0.25) is 9.59 Å². The van der Waals surface area contributed by atoms with Crippen molar-refractivity contribution in [1.29, 1.82) is 0 Å². The van der Waals surface area contributed by atoms with E-state index in [4.69, 9.17) is 9.47 Å². The van der Waals surface area contributed by atoms with Crippen LogP contribution in [0.2, 0.25) is 0 Å². The molecule has 4 nitrogen and oxygen atoms in total. The Morgan fingerprint density at radius 2 is 1.42 bits per heavy atom. The zero-order valence-corrected chi connectivity index (χ0v) is 19.2. The monoisotopic (exact) mass is 566 g/mol. The maximum Gasteiger partial charge on any atom is 0.305 e. The highest BCUT2D eigenvalue weighted by Crippen LogP contribution is 2.14. The van der Waals surface area contributed by atoms with Gasteiger partial charge in [-0.2, -0.15) is 0 Å². The van der Waals surface area contributed by atoms with E-state index in [0.717, 1.165) is 60.2 Å². The summed E-state index contributed by atoms with van der Waals surface area (Å²) in [4.78, 5) is 23.1. The average molecular weight is 566 g/mol. The van der Waals surface area contributed by atoms with Crippen molar-refractivity contribution in [2.75, 3.05) is 22.1 Å². The number of carbonyl (C=O) groups is 2. The highest BCUT2D eigenvalue weighted by atomic mass is 127. The SMILES string of the molecule is CCC(CCCCOC(=O)CCCCI)COC(=O)CCCCI. The lowest BCUT2D eigenvalue weighted by molar-refractivity contribution is -0.146. The molecule has 0 aromatic carbocycles. The molecule has 0 rings (SSSR count). The number of rotatable bonds is 16. The fourth-order valence-electron chi connectivity index (χ4n) is 2.21. The second-order valence-corrected chi connectivity index (χ2v) is 8.12. The van der Waals surface area contributed by atoms with Gasteiger partial charge in [-0.15, -0.1) is 0 Å². The molecule has 0 saturated carbocycles. The highest BCUT2D eigenvalue weighted by molar-refractivity contribution is 14.1. The maximum atomic E-state index is 11.6. The lowest BCUT2D eigenvalue weighted by Crippen LogP contribution is -2.14. The van der Waals surface area contributed by atoms with E-state index in [-0.39, 0.29) is 11.9 Å². The van der Waals surface area contributed by atoms with Crippen molar-refractivity contribution >= 4 is 57.1 Å². The van der Waals surface area contributed by atoms with Crippen LogP contribution in [0, 0.1) is 5.92 Å². The molecule has 1 unspecified atom stereocenters. The molecular weight excluding hydrogens is 534 g/mol. The summed E-state index contributed by atoms with van der Waals surface area (Å²) < 4.78 is 12.8. The van der Waals surface area contributed by atoms with Gasteiger partial charge in [-0.05, 0) is 59.7 Å². The number of unbranched alkanes of at least 4 members (excludes halogenated alkanes) is 3. The van der Waals surface area contributed by atoms with Crippen molar-refractivity contribution in [1.82, 2.24) is 0 Å². The number of hydrogen-bond acceptors (Lipinski definition) is 4. The van der Waals surface area contributed by atoms with Crippen LogP contribution in [0.5, 0.6) is 0 Å². The van der Waals surface area contributed by atoms with Gasteiger partial charge in [0.15, 0.2) is 0 Å². The highest BCUT2D eigenvalue weighted by Gasteiger charge is 2.10. The molecule has 0 aromatic heterocycles. The number of alkyl halides is 2. The minimum atomic E-state index is -0.0766. The second kappa shape index (κ2) is 18.2. The molecule has 0 aliphatic heterocycles. The zero-order valence-electron chi connectivity index (χ0n) is 14.9. The molecule has 0 saturated heterocycles. The summed E-state index contributed by atoms with van der Waals surface area (Å²) in [5, 5.41) is 0. The van der Waals surface area contributed by atoms with E-state index in [9.17, 15) is 9.59 Å². The van der Waals surface area contributed by atoms with E-state index < -0.39 is 0 Å². The summed E-state index contributed by atoms with van der Waals surface area (Å²) in [5.41, 5.74) is 0. The predicted octanol–water partition coefficient (Wildman–Crippen LogP) is 5.48. The van der Waals surface area contributed by atoms with E-state index in [1.165, 1.54) is 0 Å². The van der Waals surface area contributed by atoms with Crippen LogP contribution in [0.1, 0.15) is 71.1 Å². The first-order valence-corrected chi connectivity index (χ1v) is 12.1. The van der Waals surface area contributed by atoms with Crippen LogP contribution in [0.3, 0.4) is 0 Å². The Hall–Kier alpha value is 0.400. The number of ether oxygens (including phenoxy) is 2. The maximum absolute atomic E-state index is 11.6. The molecule has 1 atom stereocenters. The van der Waals surface area contributed by atoms with Crippen molar-refractivity contribution in [3.05, 3.63) is 0 Å². The topological polar surface area (TPSA) is 52.6 Å². The van der Waals surface area contributed by atoms with Crippen LogP contribution in [-0.4, -0.2) is 34.0 Å². The zero-order chi connectivity index (χ0) is 18.0. The van der Waals surface area contributed by atoms with E-state index in [2.05, 4.69) is 52.1 Å². The fourth-order valence-corrected chi connectivity index (χ4v) is 3.29. The molecule has 0 fully saturated rings. The first-order valence-electron chi connectivity index (χ1n) is 9.07. The molecule has 0 N–H and O–H groups in total. The van der Waals surface area contributed by atoms with Crippen LogP contribution in [0.15, 0.2) is 0 Å². The van der Waals surface area contributed by atoms with Gasteiger partial charge in [0, 0.05) is 12.8 Å². The first-order chi connectivity index (χ1) is 11.6. The quantitative estimate of drug-likeness (QED) is 0.108. The van der Waals surface area contributed by atoms with Gasteiger partial charge >= 0.3 is 11.9 Å². The summed E-state index contributed by atoms with van der Waals surface area (Å²) >= 11 is 4.64. The average Bonchev–Trinajstić information content (AvgIpc) is 2.57. The summed E-state index contributed by atoms with van der Waals surface area (Å²) in [5.74, 6) is 0.268. The number of carbonyl (C=O) groups excluding carboxylic acids is 2. The van der Waals surface area contributed by atoms with Crippen LogP contribution in [0.25, 0.3) is 0 Å². The minimum Gasteiger partial charge on any atom is -0.466 e. The van der Waals surface area contributed by atoms with Gasteiger partial charge in [0.05, 0.1) is 13.2 Å². The summed E-state index contributed by atoms with van der Waals surface area (Å²) in [6.07, 6.45) is 8.98. The van der Waals surface area contributed by atoms with E-state index in [1.54, 1.807) is 0 Å². The Balaban J connectivity index is 3.61. The molecule has 0 amide bonds. The van der Waals surface area contributed by atoms with Gasteiger partial charge in [0.1, 0.15) is 0 Å². The van der Waals surface area contributed by atoms with Crippen LogP contribution < -0.4 is 0 Å². The third kappa shape index (κ3) is 15.9. The molecular formula is C18H32I2O4. The normalized spacial score (nSPS) is 12.0. The second-order valence-electron chi connectivity index (χ2n) is 5.97. The van der Waals surface area contributed by atoms with E-state index >= 15 is 0 Å². The fraction of sp³-hybridized carbons (Fsp3) is 0.889. The van der Waals surface area contributed by atoms with Crippen molar-refractivity contribution in [2.24, 2.45) is 5.92 Å². The molecule has 0 aliphatic carbocycles. The molecule has 0 bridgehead atoms. The van der Waals surface area contributed by atoms with Crippen LogP contribution in [-0.2, 0) is 19.1 Å².